The quantitative estimate of drug-likeness (QED) is 0.355. The highest BCUT2D eigenvalue weighted by molar-refractivity contribution is 7.88. The highest BCUT2D eigenvalue weighted by Crippen LogP contribution is 2.44. The molecule has 0 radical (unpaired) electrons. The zero-order valence-electron chi connectivity index (χ0n) is 21.1. The molecule has 1 aromatic carbocycles. The van der Waals surface area contributed by atoms with Gasteiger partial charge in [0.25, 0.3) is 5.91 Å². The summed E-state index contributed by atoms with van der Waals surface area (Å²) in [7, 11) is -3.20. The van der Waals surface area contributed by atoms with Gasteiger partial charge in [-0.2, -0.15) is 9.30 Å². The molecule has 5 rings (SSSR count). The molecule has 0 bridgehead atoms. The molecule has 11 nitrogen and oxygen atoms in total. The van der Waals surface area contributed by atoms with Crippen LogP contribution in [0.5, 0.6) is 0 Å². The van der Waals surface area contributed by atoms with Crippen LogP contribution in [0.3, 0.4) is 0 Å². The molecule has 2 aliphatic rings. The Hall–Kier alpha value is -3.90. The first kappa shape index (κ1) is 25.7. The molecule has 4 N–H and O–H groups in total. The number of hydrogen-bond donors (Lipinski definition) is 2. The number of sulfonamides is 1. The van der Waals surface area contributed by atoms with Gasteiger partial charge in [0.2, 0.25) is 16.0 Å². The lowest BCUT2D eigenvalue weighted by atomic mass is 9.63. The molecule has 1 aliphatic heterocycles. The van der Waals surface area contributed by atoms with E-state index in [1.165, 1.54) is 16.8 Å². The zero-order valence-corrected chi connectivity index (χ0v) is 21.9. The molecule has 0 atom stereocenters. The van der Waals surface area contributed by atoms with Crippen molar-refractivity contribution in [3.05, 3.63) is 66.1 Å². The minimum Gasteiger partial charge on any atom is -0.386 e. The minimum absolute atomic E-state index is 0.227. The molecule has 2 fully saturated rings. The van der Waals surface area contributed by atoms with Crippen molar-refractivity contribution in [1.82, 2.24) is 19.3 Å². The molecule has 3 heterocycles. The largest absolute Gasteiger partial charge is 0.386 e. The summed E-state index contributed by atoms with van der Waals surface area (Å²) in [4.78, 5) is 31.8. The van der Waals surface area contributed by atoms with Gasteiger partial charge in [0.05, 0.1) is 17.2 Å². The lowest BCUT2D eigenvalue weighted by Crippen LogP contribution is -2.48. The van der Waals surface area contributed by atoms with Crippen LogP contribution in [-0.2, 0) is 15.4 Å². The summed E-state index contributed by atoms with van der Waals surface area (Å²) in [6.07, 6.45) is 8.70. The third kappa shape index (κ3) is 5.09. The van der Waals surface area contributed by atoms with Gasteiger partial charge < -0.3 is 16.4 Å². The number of hydrogen-bond acceptors (Lipinski definition) is 8. The SMILES string of the molecule is CS(=O)(=O)N1CCN(c2ccc(C(=O)N=C(N)C3(c4ccc(-c5cnc(N)nc5)cc4)CCC3)cn2)CC1. The number of nitrogens with zero attached hydrogens (tertiary/aromatic N) is 6. The number of rotatable bonds is 6. The number of nitrogen functional groups attached to an aromatic ring is 1. The fourth-order valence-electron chi connectivity index (χ4n) is 4.92. The molecule has 1 saturated heterocycles. The van der Waals surface area contributed by atoms with Crippen LogP contribution >= 0.6 is 0 Å². The Balaban J connectivity index is 1.28. The number of carbonyl (C=O) groups is 1. The average molecular weight is 535 g/mol. The monoisotopic (exact) mass is 534 g/mol. The summed E-state index contributed by atoms with van der Waals surface area (Å²) in [5.41, 5.74) is 14.7. The van der Waals surface area contributed by atoms with E-state index in [1.54, 1.807) is 24.5 Å². The van der Waals surface area contributed by atoms with Crippen molar-refractivity contribution in [2.45, 2.75) is 24.7 Å². The third-order valence-electron chi connectivity index (χ3n) is 7.39. The Labute approximate surface area is 221 Å². The van der Waals surface area contributed by atoms with Gasteiger partial charge in [0.1, 0.15) is 11.7 Å². The van der Waals surface area contributed by atoms with E-state index < -0.39 is 21.3 Å². The van der Waals surface area contributed by atoms with Gasteiger partial charge in [-0.3, -0.25) is 4.79 Å². The average Bonchev–Trinajstić information content (AvgIpc) is 2.89. The van der Waals surface area contributed by atoms with Crippen molar-refractivity contribution < 1.29 is 13.2 Å². The minimum atomic E-state index is -3.20. The summed E-state index contributed by atoms with van der Waals surface area (Å²) in [6.45, 7) is 1.87. The number of aliphatic imine (C=N–C) groups is 1. The summed E-state index contributed by atoms with van der Waals surface area (Å²) in [5.74, 6) is 0.780. The number of amides is 1. The van der Waals surface area contributed by atoms with Crippen LogP contribution in [0.1, 0.15) is 35.2 Å². The first-order valence-corrected chi connectivity index (χ1v) is 14.2. The zero-order chi connectivity index (χ0) is 26.9. The molecule has 0 spiro atoms. The van der Waals surface area contributed by atoms with E-state index in [1.807, 2.05) is 29.2 Å². The number of amidine groups is 1. The van der Waals surface area contributed by atoms with Gasteiger partial charge in [-0.1, -0.05) is 30.7 Å². The fraction of sp³-hybridized carbons (Fsp3) is 0.346. The Morgan fingerprint density at radius 3 is 2.11 bits per heavy atom. The van der Waals surface area contributed by atoms with Crippen LogP contribution < -0.4 is 16.4 Å². The van der Waals surface area contributed by atoms with Crippen LogP contribution in [0.25, 0.3) is 11.1 Å². The molecule has 12 heteroatoms. The van der Waals surface area contributed by atoms with E-state index in [0.29, 0.717) is 43.4 Å². The second-order valence-electron chi connectivity index (χ2n) is 9.70. The van der Waals surface area contributed by atoms with Crippen molar-refractivity contribution in [3.8, 4) is 11.1 Å². The van der Waals surface area contributed by atoms with Crippen molar-refractivity contribution in [2.24, 2.45) is 10.7 Å². The van der Waals surface area contributed by atoms with E-state index >= 15 is 0 Å². The number of pyridine rings is 1. The topological polar surface area (TPSA) is 161 Å². The lowest BCUT2D eigenvalue weighted by molar-refractivity contribution is 0.100. The number of aromatic nitrogens is 3. The van der Waals surface area contributed by atoms with Gasteiger partial charge >= 0.3 is 0 Å². The predicted octanol–water partition coefficient (Wildman–Crippen LogP) is 1.82. The third-order valence-corrected chi connectivity index (χ3v) is 8.69. The Morgan fingerprint density at radius 1 is 0.921 bits per heavy atom. The van der Waals surface area contributed by atoms with E-state index in [4.69, 9.17) is 11.5 Å². The highest BCUT2D eigenvalue weighted by Gasteiger charge is 2.43. The molecule has 1 saturated carbocycles. The normalized spacial score (nSPS) is 18.1. The maximum absolute atomic E-state index is 13.0. The van der Waals surface area contributed by atoms with Gasteiger partial charge in [-0.25, -0.2) is 23.4 Å². The van der Waals surface area contributed by atoms with Crippen LogP contribution in [0.15, 0.2) is 60.0 Å². The second-order valence-corrected chi connectivity index (χ2v) is 11.7. The van der Waals surface area contributed by atoms with Crippen LogP contribution in [0.4, 0.5) is 11.8 Å². The summed E-state index contributed by atoms with van der Waals surface area (Å²) < 4.78 is 24.9. The number of anilines is 2. The van der Waals surface area contributed by atoms with Crippen molar-refractivity contribution >= 4 is 33.5 Å². The summed E-state index contributed by atoms with van der Waals surface area (Å²) in [6, 6.07) is 11.4. The van der Waals surface area contributed by atoms with Gasteiger partial charge in [0.15, 0.2) is 0 Å². The van der Waals surface area contributed by atoms with Crippen LogP contribution in [0.2, 0.25) is 0 Å². The predicted molar refractivity (Wildman–Crippen MR) is 146 cm³/mol. The first-order chi connectivity index (χ1) is 18.2. The molecule has 38 heavy (non-hydrogen) atoms. The molecule has 1 aliphatic carbocycles. The Morgan fingerprint density at radius 2 is 1.58 bits per heavy atom. The molecule has 198 valence electrons. The summed E-state index contributed by atoms with van der Waals surface area (Å²) >= 11 is 0. The highest BCUT2D eigenvalue weighted by atomic mass is 32.2. The van der Waals surface area contributed by atoms with Gasteiger partial charge in [-0.15, -0.1) is 0 Å². The maximum Gasteiger partial charge on any atom is 0.280 e. The molecule has 3 aromatic rings. The first-order valence-electron chi connectivity index (χ1n) is 12.4. The van der Waals surface area contributed by atoms with Crippen molar-refractivity contribution in [2.75, 3.05) is 43.1 Å². The van der Waals surface area contributed by atoms with E-state index in [2.05, 4.69) is 19.9 Å². The molecular formula is C26H30N8O3S. The number of carbonyl (C=O) groups excluding carboxylic acids is 1. The van der Waals surface area contributed by atoms with Gasteiger partial charge in [0, 0.05) is 50.3 Å². The van der Waals surface area contributed by atoms with Crippen LogP contribution in [-0.4, -0.2) is 71.9 Å². The molecular weight excluding hydrogens is 504 g/mol. The van der Waals surface area contributed by atoms with E-state index in [9.17, 15) is 13.2 Å². The smallest absolute Gasteiger partial charge is 0.280 e. The van der Waals surface area contributed by atoms with E-state index in [0.717, 1.165) is 36.0 Å². The van der Waals surface area contributed by atoms with Crippen LogP contribution in [0, 0.1) is 0 Å². The second kappa shape index (κ2) is 10.1. The van der Waals surface area contributed by atoms with Gasteiger partial charge in [-0.05, 0) is 36.1 Å². The molecule has 2 aromatic heterocycles. The van der Waals surface area contributed by atoms with Crippen molar-refractivity contribution in [1.29, 1.82) is 0 Å². The maximum atomic E-state index is 13.0. The number of benzene rings is 1. The fourth-order valence-corrected chi connectivity index (χ4v) is 5.75. The summed E-state index contributed by atoms with van der Waals surface area (Å²) in [5, 5.41) is 0. The van der Waals surface area contributed by atoms with E-state index in [-0.39, 0.29) is 5.95 Å². The molecule has 0 unspecified atom stereocenters. The Kier molecular flexibility index (Phi) is 6.84. The number of piperazine rings is 1. The lowest BCUT2D eigenvalue weighted by Gasteiger charge is -2.41. The Bertz CT molecular complexity index is 1440. The molecule has 1 amide bonds. The standard InChI is InChI=1S/C26H30N8O3S/c1-38(36,37)34-13-11-33(12-14-34)22-8-5-19(15-29-22)23(35)32-24(27)26(9-2-10-26)21-6-3-18(4-7-21)20-16-30-25(28)31-17-20/h3-8,15-17H,2,9-14H2,1H3,(H2,27,32,35)(H2,28,30,31). The van der Waals surface area contributed by atoms with Crippen molar-refractivity contribution in [3.63, 3.8) is 0 Å². The number of nitrogens with two attached hydrogens (primary N) is 2.